The Labute approximate surface area is 102 Å². The molecule has 1 fully saturated rings. The molecule has 86 valence electrons. The van der Waals surface area contributed by atoms with Crippen LogP contribution in [0.3, 0.4) is 0 Å². The average molecular weight is 224 g/mol. The Morgan fingerprint density at radius 3 is 2.76 bits per heavy atom. The number of hydrogen-bond donors (Lipinski definition) is 1. The Morgan fingerprint density at radius 2 is 2.00 bits per heavy atom. The minimum Gasteiger partial charge on any atom is -0.310 e. The molecule has 1 aliphatic carbocycles. The molecule has 1 heterocycles. The summed E-state index contributed by atoms with van der Waals surface area (Å²) in [6, 6.07) is 13.5. The maximum absolute atomic E-state index is 4.16. The topological polar surface area (TPSA) is 24.9 Å². The van der Waals surface area contributed by atoms with Gasteiger partial charge in [0.1, 0.15) is 0 Å². The monoisotopic (exact) mass is 224 g/mol. The molecular formula is C15H16N2. The van der Waals surface area contributed by atoms with Crippen molar-refractivity contribution in [1.82, 2.24) is 10.3 Å². The third-order valence-corrected chi connectivity index (χ3v) is 3.09. The normalized spacial score (nSPS) is 14.8. The molecule has 3 rings (SSSR count). The predicted molar refractivity (Wildman–Crippen MR) is 69.5 cm³/mol. The van der Waals surface area contributed by atoms with E-state index in [-0.39, 0.29) is 0 Å². The van der Waals surface area contributed by atoms with Crippen LogP contribution in [0.5, 0.6) is 0 Å². The van der Waals surface area contributed by atoms with E-state index in [1.807, 2.05) is 18.5 Å². The molecule has 1 saturated carbocycles. The number of hydrogen-bond acceptors (Lipinski definition) is 2. The Balaban J connectivity index is 1.78. The number of nitrogens with one attached hydrogen (secondary N) is 1. The molecule has 0 spiro atoms. The van der Waals surface area contributed by atoms with Gasteiger partial charge in [-0.25, -0.2) is 0 Å². The highest BCUT2D eigenvalue weighted by Crippen LogP contribution is 2.21. The lowest BCUT2D eigenvalue weighted by Crippen LogP contribution is -2.15. The molecule has 2 heteroatoms. The van der Waals surface area contributed by atoms with Crippen LogP contribution >= 0.6 is 0 Å². The van der Waals surface area contributed by atoms with Gasteiger partial charge in [0.25, 0.3) is 0 Å². The lowest BCUT2D eigenvalue weighted by molar-refractivity contribution is 0.688. The van der Waals surface area contributed by atoms with E-state index < -0.39 is 0 Å². The molecule has 2 aromatic rings. The van der Waals surface area contributed by atoms with Gasteiger partial charge in [0.15, 0.2) is 0 Å². The lowest BCUT2D eigenvalue weighted by atomic mass is 10.0. The van der Waals surface area contributed by atoms with Crippen molar-refractivity contribution in [1.29, 1.82) is 0 Å². The molecule has 1 N–H and O–H groups in total. The van der Waals surface area contributed by atoms with E-state index in [2.05, 4.69) is 40.6 Å². The van der Waals surface area contributed by atoms with E-state index in [1.54, 1.807) is 0 Å². The Bertz CT molecular complexity index is 489. The van der Waals surface area contributed by atoms with Crippen LogP contribution in [-0.4, -0.2) is 11.0 Å². The van der Waals surface area contributed by atoms with E-state index in [9.17, 15) is 0 Å². The highest BCUT2D eigenvalue weighted by atomic mass is 14.9. The first-order chi connectivity index (χ1) is 8.42. The number of benzene rings is 1. The third-order valence-electron chi connectivity index (χ3n) is 3.09. The van der Waals surface area contributed by atoms with Crippen LogP contribution < -0.4 is 5.32 Å². The lowest BCUT2D eigenvalue weighted by Gasteiger charge is -2.06. The summed E-state index contributed by atoms with van der Waals surface area (Å²) in [6.07, 6.45) is 6.39. The van der Waals surface area contributed by atoms with Gasteiger partial charge in [0.05, 0.1) is 0 Å². The Hall–Kier alpha value is -1.67. The summed E-state index contributed by atoms with van der Waals surface area (Å²) in [5.41, 5.74) is 3.77. The van der Waals surface area contributed by atoms with Gasteiger partial charge < -0.3 is 5.32 Å². The van der Waals surface area contributed by atoms with E-state index in [0.717, 1.165) is 12.6 Å². The molecule has 0 amide bonds. The van der Waals surface area contributed by atoms with Gasteiger partial charge >= 0.3 is 0 Å². The zero-order chi connectivity index (χ0) is 11.5. The molecular weight excluding hydrogens is 208 g/mol. The van der Waals surface area contributed by atoms with Crippen molar-refractivity contribution in [2.75, 3.05) is 0 Å². The molecule has 2 nitrogen and oxygen atoms in total. The first kappa shape index (κ1) is 10.5. The van der Waals surface area contributed by atoms with Crippen LogP contribution in [0.25, 0.3) is 11.1 Å². The van der Waals surface area contributed by atoms with Crippen LogP contribution in [0.2, 0.25) is 0 Å². The molecule has 0 bridgehead atoms. The molecule has 0 atom stereocenters. The van der Waals surface area contributed by atoms with Crippen molar-refractivity contribution < 1.29 is 0 Å². The summed E-state index contributed by atoms with van der Waals surface area (Å²) >= 11 is 0. The number of nitrogens with zero attached hydrogens (tertiary/aromatic N) is 1. The van der Waals surface area contributed by atoms with Crippen LogP contribution in [0.15, 0.2) is 48.8 Å². The van der Waals surface area contributed by atoms with Gasteiger partial charge in [0.2, 0.25) is 0 Å². The van der Waals surface area contributed by atoms with Crippen LogP contribution in [0.4, 0.5) is 0 Å². The van der Waals surface area contributed by atoms with Crippen molar-refractivity contribution in [3.63, 3.8) is 0 Å². The van der Waals surface area contributed by atoms with Gasteiger partial charge in [-0.2, -0.15) is 0 Å². The molecule has 0 unspecified atom stereocenters. The molecule has 1 aromatic heterocycles. The van der Waals surface area contributed by atoms with E-state index in [1.165, 1.54) is 29.5 Å². The Kier molecular flexibility index (Phi) is 2.88. The molecule has 0 saturated heterocycles. The summed E-state index contributed by atoms with van der Waals surface area (Å²) in [5.74, 6) is 0. The summed E-state index contributed by atoms with van der Waals surface area (Å²) < 4.78 is 0. The zero-order valence-electron chi connectivity index (χ0n) is 9.76. The largest absolute Gasteiger partial charge is 0.310 e. The van der Waals surface area contributed by atoms with Crippen LogP contribution in [-0.2, 0) is 6.54 Å². The van der Waals surface area contributed by atoms with Crippen LogP contribution in [0, 0.1) is 0 Å². The van der Waals surface area contributed by atoms with Crippen molar-refractivity contribution in [3.8, 4) is 11.1 Å². The number of pyridine rings is 1. The maximum atomic E-state index is 4.16. The first-order valence-electron chi connectivity index (χ1n) is 6.14. The minimum absolute atomic E-state index is 0.761. The van der Waals surface area contributed by atoms with Gasteiger partial charge in [-0.05, 0) is 41.7 Å². The second-order valence-corrected chi connectivity index (χ2v) is 4.60. The summed E-state index contributed by atoms with van der Waals surface area (Å²) in [6.45, 7) is 0.971. The van der Waals surface area contributed by atoms with Gasteiger partial charge in [0, 0.05) is 25.0 Å². The van der Waals surface area contributed by atoms with E-state index in [0.29, 0.717) is 0 Å². The number of rotatable bonds is 4. The SMILES string of the molecule is c1cncc(-c2cccc(CNC3CC3)c2)c1. The quantitative estimate of drug-likeness (QED) is 0.863. The highest BCUT2D eigenvalue weighted by Gasteiger charge is 2.19. The van der Waals surface area contributed by atoms with Gasteiger partial charge in [-0.1, -0.05) is 24.3 Å². The predicted octanol–water partition coefficient (Wildman–Crippen LogP) is 3.00. The summed E-state index contributed by atoms with van der Waals surface area (Å²) in [5, 5.41) is 3.54. The smallest absolute Gasteiger partial charge is 0.0346 e. The molecule has 1 aliphatic rings. The molecule has 1 aromatic carbocycles. The van der Waals surface area contributed by atoms with Crippen molar-refractivity contribution in [2.24, 2.45) is 0 Å². The molecule has 17 heavy (non-hydrogen) atoms. The maximum Gasteiger partial charge on any atom is 0.0346 e. The summed E-state index contributed by atoms with van der Waals surface area (Å²) in [4.78, 5) is 4.16. The fourth-order valence-electron chi connectivity index (χ4n) is 1.94. The molecule has 0 radical (unpaired) electrons. The van der Waals surface area contributed by atoms with Crippen molar-refractivity contribution >= 4 is 0 Å². The number of aromatic nitrogens is 1. The van der Waals surface area contributed by atoms with Crippen LogP contribution in [0.1, 0.15) is 18.4 Å². The van der Waals surface area contributed by atoms with Crippen molar-refractivity contribution in [3.05, 3.63) is 54.4 Å². The van der Waals surface area contributed by atoms with Gasteiger partial charge in [-0.3, -0.25) is 4.98 Å². The fraction of sp³-hybridized carbons (Fsp3) is 0.267. The average Bonchev–Trinajstić information content (AvgIpc) is 3.22. The minimum atomic E-state index is 0.761. The molecule has 0 aliphatic heterocycles. The van der Waals surface area contributed by atoms with Crippen molar-refractivity contribution in [2.45, 2.75) is 25.4 Å². The van der Waals surface area contributed by atoms with E-state index >= 15 is 0 Å². The first-order valence-corrected chi connectivity index (χ1v) is 6.14. The highest BCUT2D eigenvalue weighted by molar-refractivity contribution is 5.62. The summed E-state index contributed by atoms with van der Waals surface area (Å²) in [7, 11) is 0. The second-order valence-electron chi connectivity index (χ2n) is 4.60. The Morgan fingerprint density at radius 1 is 1.12 bits per heavy atom. The standard InChI is InChI=1S/C15H16N2/c1-3-12(10-17-15-6-7-15)9-13(4-1)14-5-2-8-16-11-14/h1-5,8-9,11,15,17H,6-7,10H2. The van der Waals surface area contributed by atoms with E-state index in [4.69, 9.17) is 0 Å². The second kappa shape index (κ2) is 4.68. The van der Waals surface area contributed by atoms with Gasteiger partial charge in [-0.15, -0.1) is 0 Å². The third kappa shape index (κ3) is 2.71. The fourth-order valence-corrected chi connectivity index (χ4v) is 1.94. The zero-order valence-corrected chi connectivity index (χ0v) is 9.76.